The maximum absolute atomic E-state index is 14.6. The van der Waals surface area contributed by atoms with E-state index >= 15 is 0 Å². The van der Waals surface area contributed by atoms with Gasteiger partial charge in [0.05, 0.1) is 118 Å². The summed E-state index contributed by atoms with van der Waals surface area (Å²) < 4.78 is 76.2. The number of hydrogen-bond donors (Lipinski definition) is 7. The van der Waals surface area contributed by atoms with Crippen LogP contribution in [0.15, 0.2) is 60.7 Å². The molecule has 1 aliphatic carbocycles. The Labute approximate surface area is 577 Å². The lowest BCUT2D eigenvalue weighted by Crippen LogP contribution is -2.81. The number of hydrogen-bond acceptors (Lipinski definition) is 21. The minimum absolute atomic E-state index is 0.00713. The Hall–Kier alpha value is -6.28. The number of alkyl carbamates (subject to hydrolysis) is 1. The van der Waals surface area contributed by atoms with Crippen LogP contribution in [0.3, 0.4) is 0 Å². The smallest absolute Gasteiger partial charge is 0.407 e. The van der Waals surface area contributed by atoms with Crippen LogP contribution in [0, 0.1) is 23.7 Å². The fraction of sp³-hybridized carbons (Fsp3) is 0.718. The van der Waals surface area contributed by atoms with Gasteiger partial charge in [-0.1, -0.05) is 39.1 Å². The van der Waals surface area contributed by atoms with Crippen molar-refractivity contribution in [2.45, 2.75) is 239 Å². The number of primary amides is 1. The number of Topliss-reactive ketones (excluding diaryl/α,β-unsaturated/α-hetero) is 1. The van der Waals surface area contributed by atoms with Crippen LogP contribution in [0.2, 0.25) is 0 Å². The fourth-order valence-electron chi connectivity index (χ4n) is 16.1. The number of ether oxygens (including phenoxy) is 12. The number of benzene rings is 1. The molecule has 28 nitrogen and oxygen atoms in total. The van der Waals surface area contributed by atoms with Crippen molar-refractivity contribution in [3.63, 3.8) is 0 Å². The van der Waals surface area contributed by atoms with Crippen molar-refractivity contribution in [1.82, 2.24) is 26.2 Å². The second-order valence-electron chi connectivity index (χ2n) is 28.6. The molecule has 0 spiro atoms. The summed E-state index contributed by atoms with van der Waals surface area (Å²) >= 11 is 0. The summed E-state index contributed by atoms with van der Waals surface area (Å²) in [6.45, 7) is 13.0. The topological polar surface area (TPSA) is 357 Å². The zero-order valence-corrected chi connectivity index (χ0v) is 57.3. The molecule has 11 fully saturated rings. The lowest BCUT2D eigenvalue weighted by molar-refractivity contribution is -0.444. The summed E-state index contributed by atoms with van der Waals surface area (Å²) in [6.07, 6.45) is 5.04. The van der Waals surface area contributed by atoms with Crippen LogP contribution in [0.5, 0.6) is 0 Å². The van der Waals surface area contributed by atoms with Crippen molar-refractivity contribution in [2.75, 3.05) is 65.6 Å². The van der Waals surface area contributed by atoms with Gasteiger partial charge in [0.25, 0.3) is 11.8 Å². The quantitative estimate of drug-likeness (QED) is 0.0371. The summed E-state index contributed by atoms with van der Waals surface area (Å²) in [5.41, 5.74) is 8.25. The van der Waals surface area contributed by atoms with E-state index in [0.717, 1.165) is 41.7 Å². The number of amides is 8. The van der Waals surface area contributed by atoms with Gasteiger partial charge in [-0.3, -0.25) is 33.7 Å². The van der Waals surface area contributed by atoms with E-state index in [1.807, 2.05) is 0 Å². The maximum atomic E-state index is 14.6. The van der Waals surface area contributed by atoms with Crippen molar-refractivity contribution in [3.8, 4) is 0 Å². The minimum Gasteiger partial charge on any atom is -0.445 e. The molecule has 10 saturated heterocycles. The molecule has 1 aromatic rings. The van der Waals surface area contributed by atoms with Gasteiger partial charge in [-0.15, -0.1) is 0 Å². The third-order valence-electron chi connectivity index (χ3n) is 21.4. The molecule has 11 heterocycles. The van der Waals surface area contributed by atoms with Crippen molar-refractivity contribution in [3.05, 3.63) is 66.3 Å². The predicted octanol–water partition coefficient (Wildman–Crippen LogP) is 4.01. The number of imide groups is 1. The zero-order chi connectivity index (χ0) is 70.1. The molecule has 13 rings (SSSR count). The first-order chi connectivity index (χ1) is 47.6. The first-order valence-corrected chi connectivity index (χ1v) is 35.5. The van der Waals surface area contributed by atoms with E-state index in [1.54, 1.807) is 52.3 Å². The molecule has 12 aliphatic rings. The first-order valence-electron chi connectivity index (χ1n) is 35.5. The summed E-state index contributed by atoms with van der Waals surface area (Å²) in [7, 11) is 3.17. The van der Waals surface area contributed by atoms with Crippen LogP contribution < -0.4 is 32.3 Å². The van der Waals surface area contributed by atoms with Gasteiger partial charge >= 0.3 is 12.1 Å². The van der Waals surface area contributed by atoms with Gasteiger partial charge in [0.15, 0.2) is 5.79 Å². The first kappa shape index (κ1) is 73.9. The highest BCUT2D eigenvalue weighted by atomic mass is 16.7. The van der Waals surface area contributed by atoms with Crippen LogP contribution in [0.25, 0.3) is 0 Å². The molecule has 8 N–H and O–H groups in total. The van der Waals surface area contributed by atoms with Gasteiger partial charge in [-0.2, -0.15) is 0 Å². The van der Waals surface area contributed by atoms with Crippen LogP contribution in [-0.4, -0.2) is 227 Å². The van der Waals surface area contributed by atoms with Gasteiger partial charge in [0, 0.05) is 108 Å². The lowest BCUT2D eigenvalue weighted by Gasteiger charge is -2.70. The van der Waals surface area contributed by atoms with Gasteiger partial charge in [-0.25, -0.2) is 9.59 Å². The minimum atomic E-state index is -1.45. The molecule has 2 unspecified atom stereocenters. The predicted molar refractivity (Wildman–Crippen MR) is 353 cm³/mol. The summed E-state index contributed by atoms with van der Waals surface area (Å²) in [5, 5.41) is 26.0. The number of rotatable bonds is 27. The SMILES string of the molecule is C=C1C[C@@H]2CC[C@@]3(O)C[C@H]4OC5[C@@H]6C(O[C@H]7CC[C@H](CC(=O)C[C@@H]8[C@@H](OC)[C@@H](C[C@@H](CNC(=O)OCc9ccc(NC(=O)[C@H](CCCNC(N)=O)NC(=O)[C@@H](NC(=O)CCOCCOCCN%10C(=O)C=CC%10=O)C(C)C)cc9)OC)O[C@H]8C[C@H]8O[C@H](CCC8=C)CC[C@@H]1O2)O[C@@H]7[C@@H]6O3)[C@@H]54. The average Bonchev–Trinajstić information content (AvgIpc) is 0.936. The average molecular weight is 1390 g/mol. The number of methoxy groups -OCH3 is 2. The van der Waals surface area contributed by atoms with E-state index < -0.39 is 102 Å². The van der Waals surface area contributed by atoms with E-state index in [1.165, 1.54) is 12.2 Å². The Morgan fingerprint density at radius 1 is 0.737 bits per heavy atom. The van der Waals surface area contributed by atoms with Crippen LogP contribution in [0.1, 0.15) is 129 Å². The number of urea groups is 1. The highest BCUT2D eigenvalue weighted by molar-refractivity contribution is 6.12. The highest BCUT2D eigenvalue weighted by Gasteiger charge is 2.73. The Bertz CT molecular complexity index is 3080. The van der Waals surface area contributed by atoms with Gasteiger partial charge in [0.1, 0.15) is 30.6 Å². The number of carbonyl (C=O) groups excluding carboxylic acids is 8. The largest absolute Gasteiger partial charge is 0.445 e. The van der Waals surface area contributed by atoms with Crippen LogP contribution in [-0.2, 0) is 92.2 Å². The monoisotopic (exact) mass is 1390 g/mol. The Morgan fingerprint density at radius 3 is 2.20 bits per heavy atom. The van der Waals surface area contributed by atoms with E-state index in [9.17, 15) is 43.5 Å². The maximum Gasteiger partial charge on any atom is 0.407 e. The van der Waals surface area contributed by atoms with Crippen LogP contribution >= 0.6 is 0 Å². The zero-order valence-electron chi connectivity index (χ0n) is 57.3. The summed E-state index contributed by atoms with van der Waals surface area (Å²) in [4.78, 5) is 104. The van der Waals surface area contributed by atoms with Crippen molar-refractivity contribution >= 4 is 53.1 Å². The standard InChI is InChI=1S/C71H101N7O21/c1-38(2)61(77-56(80)22-26-90-28-29-91-27-25-78-57(81)19-20-58(78)82)68(84)76-49(8-7-24-73-69(72)85)67(83)75-42-12-10-41(11-13-42)37-92-70(86)74-36-47(88-5)33-54-62(89-6)48-32-43(79)31-45-16-18-51-63(95-45)66-60-64(97-51)59-55(98-65(59)60)35-71(87,99-66)23-21-46-30-40(4)50(94-46)17-15-44-14-9-39(3)52(93-44)34-53(48)96-54/h10-13,19-20,38,44-55,59-66,87H,3-4,7-9,14-18,21-37H2,1-2,5-6H3,(H,74,86)(H,75,83)(H,76,84)(H,77,80)(H3,72,73,85)/t44-,45-,46+,47+,48+,49+,50+,51+,52-,53+,54-,55-,59+,60+,61+,62-,63+,64?,65?,66-,71+/m1/s1. The van der Waals surface area contributed by atoms with E-state index in [0.29, 0.717) is 62.6 Å². The Kier molecular flexibility index (Phi) is 25.1. The number of carbonyl (C=O) groups is 8. The number of aliphatic hydroxyl groups is 1. The third-order valence-corrected chi connectivity index (χ3v) is 21.4. The molecule has 0 aromatic heterocycles. The van der Waals surface area contributed by atoms with Crippen molar-refractivity contribution in [1.29, 1.82) is 0 Å². The molecule has 28 heteroatoms. The highest BCUT2D eigenvalue weighted by Crippen LogP contribution is 2.61. The third kappa shape index (κ3) is 18.5. The molecule has 11 aliphatic heterocycles. The number of nitrogens with two attached hydrogens (primary N) is 1. The molecule has 1 saturated carbocycles. The van der Waals surface area contributed by atoms with E-state index in [4.69, 9.17) is 62.6 Å². The number of nitrogens with zero attached hydrogens (tertiary/aromatic N) is 1. The molecular weight excluding hydrogens is 1290 g/mol. The van der Waals surface area contributed by atoms with Gasteiger partial charge in [-0.05, 0) is 99.0 Å². The number of anilines is 1. The number of ketones is 1. The molecule has 546 valence electrons. The van der Waals surface area contributed by atoms with E-state index in [-0.39, 0.29) is 163 Å². The van der Waals surface area contributed by atoms with E-state index in [2.05, 4.69) is 39.7 Å². The number of fused-ring (bicyclic) bond motifs is 6. The molecular formula is C71H101N7O21. The molecule has 13 bridgehead atoms. The second kappa shape index (κ2) is 33.7. The van der Waals surface area contributed by atoms with Crippen molar-refractivity contribution in [2.24, 2.45) is 29.4 Å². The molecule has 99 heavy (non-hydrogen) atoms. The summed E-state index contributed by atoms with van der Waals surface area (Å²) in [6, 6.07) is 3.71. The fourth-order valence-corrected chi connectivity index (χ4v) is 16.1. The lowest BCUT2D eigenvalue weighted by atomic mass is 9.56. The Balaban J connectivity index is 0.663. The normalized spacial score (nSPS) is 34.1. The molecule has 8 amide bonds. The van der Waals surface area contributed by atoms with Gasteiger partial charge in [0.2, 0.25) is 17.7 Å². The number of nitrogens with one attached hydrogen (secondary N) is 5. The molecule has 1 aromatic carbocycles. The Morgan fingerprint density at radius 2 is 1.46 bits per heavy atom. The molecule has 0 radical (unpaired) electrons. The molecule has 21 atom stereocenters. The van der Waals surface area contributed by atoms with Crippen LogP contribution in [0.4, 0.5) is 15.3 Å². The summed E-state index contributed by atoms with van der Waals surface area (Å²) in [5.74, 6) is -4.49. The second-order valence-corrected chi connectivity index (χ2v) is 28.6. The van der Waals surface area contributed by atoms with Crippen molar-refractivity contribution < 1.29 is 100 Å². The van der Waals surface area contributed by atoms with Gasteiger partial charge < -0.3 is 94.3 Å².